The van der Waals surface area contributed by atoms with E-state index < -0.39 is 0 Å². The molecular formula is C42H39N. The van der Waals surface area contributed by atoms with Gasteiger partial charge in [-0.2, -0.15) is 0 Å². The molecule has 7 aromatic carbocycles. The first-order valence-corrected chi connectivity index (χ1v) is 15.1. The molecule has 43 heavy (non-hydrogen) atoms. The number of rotatable bonds is 4. The molecule has 1 heteroatoms. The summed E-state index contributed by atoms with van der Waals surface area (Å²) in [5.41, 5.74) is 8.56. The molecule has 0 aliphatic rings. The van der Waals surface area contributed by atoms with Gasteiger partial charge in [0.05, 0.1) is 0 Å². The van der Waals surface area contributed by atoms with E-state index in [9.17, 15) is 0 Å². The molecule has 1 nitrogen and oxygen atoms in total. The summed E-state index contributed by atoms with van der Waals surface area (Å²) in [4.78, 5) is 2.30. The van der Waals surface area contributed by atoms with E-state index in [2.05, 4.69) is 183 Å². The van der Waals surface area contributed by atoms with Crippen LogP contribution in [0.1, 0.15) is 25.0 Å². The van der Waals surface area contributed by atoms with Gasteiger partial charge in [0, 0.05) is 17.1 Å². The Morgan fingerprint density at radius 3 is 1.44 bits per heavy atom. The fraction of sp³-hybridized carbons (Fsp3) is 0.0952. The van der Waals surface area contributed by atoms with Gasteiger partial charge in [0.25, 0.3) is 0 Å². The van der Waals surface area contributed by atoms with Gasteiger partial charge in [0.1, 0.15) is 0 Å². The summed E-state index contributed by atoms with van der Waals surface area (Å²) in [7, 11) is 0. The van der Waals surface area contributed by atoms with E-state index in [1.807, 2.05) is 13.8 Å². The zero-order valence-electron chi connectivity index (χ0n) is 25.5. The highest BCUT2D eigenvalue weighted by Gasteiger charge is 2.12. The van der Waals surface area contributed by atoms with Crippen molar-refractivity contribution in [3.63, 3.8) is 0 Å². The zero-order chi connectivity index (χ0) is 30.0. The number of aryl methyl sites for hydroxylation is 2. The molecule has 0 saturated carbocycles. The summed E-state index contributed by atoms with van der Waals surface area (Å²) in [6.45, 7) is 8.32. The molecule has 0 amide bonds. The number of benzene rings is 7. The number of para-hydroxylation sites is 1. The average molecular weight is 558 g/mol. The quantitative estimate of drug-likeness (QED) is 0.195. The predicted molar refractivity (Wildman–Crippen MR) is 189 cm³/mol. The maximum absolute atomic E-state index is 2.30. The van der Waals surface area contributed by atoms with Crippen LogP contribution in [-0.4, -0.2) is 0 Å². The van der Waals surface area contributed by atoms with Gasteiger partial charge in [-0.25, -0.2) is 0 Å². The first kappa shape index (κ1) is 29.4. The summed E-state index contributed by atoms with van der Waals surface area (Å²) in [5, 5.41) is 5.37. The van der Waals surface area contributed by atoms with Crippen LogP contribution >= 0.6 is 0 Å². The minimum Gasteiger partial charge on any atom is -0.310 e. The highest BCUT2D eigenvalue weighted by molar-refractivity contribution is 6.01. The Labute approximate surface area is 256 Å². The van der Waals surface area contributed by atoms with Gasteiger partial charge in [-0.15, -0.1) is 0 Å². The smallest absolute Gasteiger partial charge is 0.0467 e. The molecule has 0 spiro atoms. The lowest BCUT2D eigenvalue weighted by atomic mass is 9.98. The summed E-state index contributed by atoms with van der Waals surface area (Å²) in [5.74, 6) is 0. The van der Waals surface area contributed by atoms with Crippen molar-refractivity contribution in [1.29, 1.82) is 0 Å². The third kappa shape index (κ3) is 6.85. The second-order valence-electron chi connectivity index (χ2n) is 10.4. The van der Waals surface area contributed by atoms with Crippen LogP contribution in [0.2, 0.25) is 0 Å². The molecule has 0 aliphatic carbocycles. The second kappa shape index (κ2) is 14.2. The number of hydrogen-bond donors (Lipinski definition) is 0. The van der Waals surface area contributed by atoms with Crippen molar-refractivity contribution in [2.24, 2.45) is 0 Å². The highest BCUT2D eigenvalue weighted by atomic mass is 15.1. The van der Waals surface area contributed by atoms with E-state index in [0.29, 0.717) is 0 Å². The molecule has 7 rings (SSSR count). The third-order valence-electron chi connectivity index (χ3n) is 7.56. The van der Waals surface area contributed by atoms with Gasteiger partial charge in [-0.1, -0.05) is 141 Å². The fourth-order valence-corrected chi connectivity index (χ4v) is 5.41. The van der Waals surface area contributed by atoms with Crippen LogP contribution in [0.25, 0.3) is 32.7 Å². The SMILES string of the molecule is CC.Cc1c2ccccc2cc2ccccc12.Cc1ccc(N(c2ccccc2)c2cccc(-c3ccccc3)c2)cc1. The normalized spacial score (nSPS) is 10.3. The van der Waals surface area contributed by atoms with E-state index >= 15 is 0 Å². The molecule has 0 atom stereocenters. The van der Waals surface area contributed by atoms with E-state index in [1.165, 1.54) is 43.8 Å². The molecule has 0 heterocycles. The van der Waals surface area contributed by atoms with Crippen LogP contribution in [0.4, 0.5) is 17.1 Å². The lowest BCUT2D eigenvalue weighted by molar-refractivity contribution is 1.27. The Kier molecular flexibility index (Phi) is 9.67. The van der Waals surface area contributed by atoms with Gasteiger partial charge >= 0.3 is 0 Å². The molecule has 0 N–H and O–H groups in total. The molecular weight excluding hydrogens is 518 g/mol. The van der Waals surface area contributed by atoms with Crippen LogP contribution in [0.3, 0.4) is 0 Å². The largest absolute Gasteiger partial charge is 0.310 e. The molecule has 0 aromatic heterocycles. The van der Waals surface area contributed by atoms with E-state index in [4.69, 9.17) is 0 Å². The molecule has 0 fully saturated rings. The Morgan fingerprint density at radius 1 is 0.372 bits per heavy atom. The first-order valence-electron chi connectivity index (χ1n) is 15.1. The van der Waals surface area contributed by atoms with Crippen molar-refractivity contribution in [1.82, 2.24) is 0 Å². The van der Waals surface area contributed by atoms with E-state index in [1.54, 1.807) is 0 Å². The standard InChI is InChI=1S/C25H21N.C15H12.C2H6/c1-20-15-17-24(18-16-20)26(23-12-6-3-7-13-23)25-14-8-11-22(19-25)21-9-4-2-5-10-21;1-11-14-8-4-2-6-12(14)10-13-7-3-5-9-15(11)13;1-2/h2-19H,1H3;2-10H,1H3;1-2H3. The van der Waals surface area contributed by atoms with Crippen molar-refractivity contribution in [2.45, 2.75) is 27.7 Å². The van der Waals surface area contributed by atoms with Gasteiger partial charge in [0.2, 0.25) is 0 Å². The van der Waals surface area contributed by atoms with E-state index in [0.717, 1.165) is 17.1 Å². The molecule has 0 bridgehead atoms. The Balaban J connectivity index is 0.000000183. The third-order valence-corrected chi connectivity index (χ3v) is 7.56. The lowest BCUT2D eigenvalue weighted by Crippen LogP contribution is -2.09. The zero-order valence-corrected chi connectivity index (χ0v) is 25.5. The maximum atomic E-state index is 2.30. The minimum atomic E-state index is 1.15. The van der Waals surface area contributed by atoms with Crippen molar-refractivity contribution in [2.75, 3.05) is 4.90 Å². The Bertz CT molecular complexity index is 1830. The number of anilines is 3. The van der Waals surface area contributed by atoms with Crippen LogP contribution in [0.15, 0.2) is 164 Å². The van der Waals surface area contributed by atoms with Gasteiger partial charge < -0.3 is 4.90 Å². The summed E-state index contributed by atoms with van der Waals surface area (Å²) in [6, 6.07) is 57.8. The molecule has 0 saturated heterocycles. The number of fused-ring (bicyclic) bond motifs is 2. The molecule has 212 valence electrons. The van der Waals surface area contributed by atoms with Gasteiger partial charge in [-0.05, 0) is 94.5 Å². The maximum Gasteiger partial charge on any atom is 0.0467 e. The van der Waals surface area contributed by atoms with Crippen molar-refractivity contribution >= 4 is 38.6 Å². The number of nitrogens with zero attached hydrogens (tertiary/aromatic N) is 1. The summed E-state index contributed by atoms with van der Waals surface area (Å²) in [6.07, 6.45) is 0. The monoisotopic (exact) mass is 557 g/mol. The molecule has 7 aromatic rings. The van der Waals surface area contributed by atoms with Crippen LogP contribution in [-0.2, 0) is 0 Å². The summed E-state index contributed by atoms with van der Waals surface area (Å²) >= 11 is 0. The molecule has 0 unspecified atom stereocenters. The molecule has 0 aliphatic heterocycles. The Hall–Kier alpha value is -5.14. The molecule has 0 radical (unpaired) electrons. The second-order valence-corrected chi connectivity index (χ2v) is 10.4. The summed E-state index contributed by atoms with van der Waals surface area (Å²) < 4.78 is 0. The first-order chi connectivity index (χ1) is 21.2. The van der Waals surface area contributed by atoms with Crippen LogP contribution in [0, 0.1) is 13.8 Å². The predicted octanol–water partition coefficient (Wildman–Crippen LogP) is 12.5. The number of hydrogen-bond acceptors (Lipinski definition) is 1. The van der Waals surface area contributed by atoms with Crippen molar-refractivity contribution in [3.8, 4) is 11.1 Å². The van der Waals surface area contributed by atoms with Crippen LogP contribution < -0.4 is 4.90 Å². The van der Waals surface area contributed by atoms with Gasteiger partial charge in [0.15, 0.2) is 0 Å². The highest BCUT2D eigenvalue weighted by Crippen LogP contribution is 2.36. The fourth-order valence-electron chi connectivity index (χ4n) is 5.41. The Morgan fingerprint density at radius 2 is 0.837 bits per heavy atom. The van der Waals surface area contributed by atoms with Gasteiger partial charge in [-0.3, -0.25) is 0 Å². The van der Waals surface area contributed by atoms with Crippen molar-refractivity contribution in [3.05, 3.63) is 175 Å². The average Bonchev–Trinajstić information content (AvgIpc) is 3.08. The minimum absolute atomic E-state index is 1.15. The lowest BCUT2D eigenvalue weighted by Gasteiger charge is -2.26. The van der Waals surface area contributed by atoms with E-state index in [-0.39, 0.29) is 0 Å². The van der Waals surface area contributed by atoms with Crippen LogP contribution in [0.5, 0.6) is 0 Å². The topological polar surface area (TPSA) is 3.24 Å². The van der Waals surface area contributed by atoms with Crippen molar-refractivity contribution < 1.29 is 0 Å².